The van der Waals surface area contributed by atoms with Crippen LogP contribution in [0.4, 0.5) is 5.69 Å². The van der Waals surface area contributed by atoms with Gasteiger partial charge in [-0.3, -0.25) is 4.79 Å². The minimum absolute atomic E-state index is 0.0295. The number of morpholine rings is 1. The highest BCUT2D eigenvalue weighted by molar-refractivity contribution is 6.02. The first-order chi connectivity index (χ1) is 13.0. The summed E-state index contributed by atoms with van der Waals surface area (Å²) in [5.74, 6) is -0.997. The van der Waals surface area contributed by atoms with Crippen LogP contribution < -0.4 is 5.73 Å². The van der Waals surface area contributed by atoms with Gasteiger partial charge in [-0.25, -0.2) is 4.79 Å². The van der Waals surface area contributed by atoms with Crippen molar-refractivity contribution in [1.29, 1.82) is 0 Å². The molecule has 0 atom stereocenters. The van der Waals surface area contributed by atoms with Crippen LogP contribution in [0.15, 0.2) is 48.7 Å². The fraction of sp³-hybridized carbons (Fsp3) is 0.200. The van der Waals surface area contributed by atoms with Crippen molar-refractivity contribution < 1.29 is 19.4 Å². The number of aromatic carboxylic acids is 1. The summed E-state index contributed by atoms with van der Waals surface area (Å²) in [6.45, 7) is 2.28. The Hall–Kier alpha value is -3.32. The minimum atomic E-state index is -0.968. The monoisotopic (exact) mass is 365 g/mol. The SMILES string of the molecule is Nc1cn(-c2ccc(C(=O)O)cc2)c2ccc(C(=O)N3CCOCC3)cc12. The number of aromatic nitrogens is 1. The quantitative estimate of drug-likeness (QED) is 0.743. The van der Waals surface area contributed by atoms with Gasteiger partial charge in [0.25, 0.3) is 5.91 Å². The Kier molecular flexibility index (Phi) is 4.29. The number of benzene rings is 2. The molecule has 0 spiro atoms. The maximum atomic E-state index is 12.7. The number of carbonyl (C=O) groups is 2. The average molecular weight is 365 g/mol. The highest BCUT2D eigenvalue weighted by Crippen LogP contribution is 2.28. The first-order valence-electron chi connectivity index (χ1n) is 8.66. The van der Waals surface area contributed by atoms with Crippen molar-refractivity contribution in [2.45, 2.75) is 0 Å². The largest absolute Gasteiger partial charge is 0.478 e. The predicted octanol–water partition coefficient (Wildman–Crippen LogP) is 2.38. The fourth-order valence-corrected chi connectivity index (χ4v) is 3.32. The molecule has 27 heavy (non-hydrogen) atoms. The van der Waals surface area contributed by atoms with Crippen molar-refractivity contribution in [2.24, 2.45) is 0 Å². The summed E-state index contributed by atoms with van der Waals surface area (Å²) in [6.07, 6.45) is 1.78. The Balaban J connectivity index is 1.70. The Morgan fingerprint density at radius 2 is 1.67 bits per heavy atom. The van der Waals surface area contributed by atoms with E-state index in [1.807, 2.05) is 16.7 Å². The molecule has 0 saturated carbocycles. The lowest BCUT2D eigenvalue weighted by Gasteiger charge is -2.26. The van der Waals surface area contributed by atoms with Crippen LogP contribution in [0, 0.1) is 0 Å². The Bertz CT molecular complexity index is 1020. The number of nitrogen functional groups attached to an aromatic ring is 1. The van der Waals surface area contributed by atoms with Crippen molar-refractivity contribution in [3.63, 3.8) is 0 Å². The van der Waals surface area contributed by atoms with Crippen LogP contribution in [-0.2, 0) is 4.74 Å². The van der Waals surface area contributed by atoms with E-state index < -0.39 is 5.97 Å². The second-order valence-corrected chi connectivity index (χ2v) is 6.44. The van der Waals surface area contributed by atoms with Gasteiger partial charge in [0.05, 0.1) is 30.0 Å². The summed E-state index contributed by atoms with van der Waals surface area (Å²) >= 11 is 0. The first kappa shape index (κ1) is 17.1. The zero-order valence-corrected chi connectivity index (χ0v) is 14.6. The molecule has 1 amide bonds. The molecule has 7 nitrogen and oxygen atoms in total. The van der Waals surface area contributed by atoms with Crippen LogP contribution in [0.5, 0.6) is 0 Å². The van der Waals surface area contributed by atoms with Gasteiger partial charge in [0.15, 0.2) is 0 Å². The average Bonchev–Trinajstić information content (AvgIpc) is 3.04. The predicted molar refractivity (Wildman–Crippen MR) is 101 cm³/mol. The summed E-state index contributed by atoms with van der Waals surface area (Å²) in [5.41, 5.74) is 9.21. The van der Waals surface area contributed by atoms with E-state index in [-0.39, 0.29) is 11.5 Å². The van der Waals surface area contributed by atoms with Crippen LogP contribution in [-0.4, -0.2) is 52.8 Å². The number of hydrogen-bond donors (Lipinski definition) is 2. The molecule has 3 N–H and O–H groups in total. The molecule has 7 heteroatoms. The lowest BCUT2D eigenvalue weighted by atomic mass is 10.1. The van der Waals surface area contributed by atoms with E-state index in [0.29, 0.717) is 37.6 Å². The van der Waals surface area contributed by atoms with Crippen LogP contribution in [0.2, 0.25) is 0 Å². The van der Waals surface area contributed by atoms with Gasteiger partial charge >= 0.3 is 5.97 Å². The normalized spacial score (nSPS) is 14.4. The lowest BCUT2D eigenvalue weighted by Crippen LogP contribution is -2.40. The molecule has 2 heterocycles. The molecule has 1 aromatic heterocycles. The molecule has 138 valence electrons. The smallest absolute Gasteiger partial charge is 0.335 e. The third-order valence-electron chi connectivity index (χ3n) is 4.77. The van der Waals surface area contributed by atoms with Crippen LogP contribution in [0.3, 0.4) is 0 Å². The number of hydrogen-bond acceptors (Lipinski definition) is 4. The molecule has 3 aromatic rings. The van der Waals surface area contributed by atoms with E-state index in [1.54, 1.807) is 41.4 Å². The third kappa shape index (κ3) is 3.13. The van der Waals surface area contributed by atoms with Crippen molar-refractivity contribution in [2.75, 3.05) is 32.0 Å². The maximum Gasteiger partial charge on any atom is 0.335 e. The zero-order valence-electron chi connectivity index (χ0n) is 14.6. The van der Waals surface area contributed by atoms with Gasteiger partial charge in [-0.05, 0) is 42.5 Å². The molecule has 2 aromatic carbocycles. The molecular formula is C20H19N3O4. The number of carboxylic acid groups (broad SMARTS) is 1. The molecule has 1 aliphatic rings. The van der Waals surface area contributed by atoms with Crippen molar-refractivity contribution in [3.8, 4) is 5.69 Å². The highest BCUT2D eigenvalue weighted by atomic mass is 16.5. The second-order valence-electron chi connectivity index (χ2n) is 6.44. The number of nitrogens with two attached hydrogens (primary N) is 1. The molecule has 1 aliphatic heterocycles. The Morgan fingerprint density at radius 1 is 1.00 bits per heavy atom. The molecule has 1 fully saturated rings. The molecule has 0 bridgehead atoms. The number of anilines is 1. The van der Waals surface area contributed by atoms with Gasteiger partial charge in [-0.1, -0.05) is 0 Å². The second kappa shape index (κ2) is 6.77. The molecule has 0 aliphatic carbocycles. The number of amides is 1. The maximum absolute atomic E-state index is 12.7. The fourth-order valence-electron chi connectivity index (χ4n) is 3.32. The molecule has 0 unspecified atom stereocenters. The van der Waals surface area contributed by atoms with Gasteiger partial charge in [-0.15, -0.1) is 0 Å². The number of rotatable bonds is 3. The topological polar surface area (TPSA) is 97.8 Å². The van der Waals surface area contributed by atoms with Gasteiger partial charge < -0.3 is 25.0 Å². The van der Waals surface area contributed by atoms with E-state index in [4.69, 9.17) is 15.6 Å². The number of carbonyl (C=O) groups excluding carboxylic acids is 1. The van der Waals surface area contributed by atoms with E-state index >= 15 is 0 Å². The summed E-state index contributed by atoms with van der Waals surface area (Å²) in [6, 6.07) is 12.0. The van der Waals surface area contributed by atoms with Gasteiger partial charge in [0.1, 0.15) is 0 Å². The zero-order chi connectivity index (χ0) is 19.0. The van der Waals surface area contributed by atoms with E-state index in [2.05, 4.69) is 0 Å². The van der Waals surface area contributed by atoms with Crippen LogP contribution in [0.1, 0.15) is 20.7 Å². The lowest BCUT2D eigenvalue weighted by molar-refractivity contribution is 0.0303. The van der Waals surface area contributed by atoms with Crippen molar-refractivity contribution >= 4 is 28.5 Å². The number of ether oxygens (including phenoxy) is 1. The van der Waals surface area contributed by atoms with Crippen molar-refractivity contribution in [3.05, 3.63) is 59.8 Å². The van der Waals surface area contributed by atoms with Gasteiger partial charge in [0.2, 0.25) is 0 Å². The Morgan fingerprint density at radius 3 is 2.33 bits per heavy atom. The van der Waals surface area contributed by atoms with Gasteiger partial charge in [0, 0.05) is 35.9 Å². The van der Waals surface area contributed by atoms with Crippen LogP contribution in [0.25, 0.3) is 16.6 Å². The summed E-state index contributed by atoms with van der Waals surface area (Å²) in [5, 5.41) is 9.83. The summed E-state index contributed by atoms with van der Waals surface area (Å²) in [7, 11) is 0. The molecular weight excluding hydrogens is 346 g/mol. The summed E-state index contributed by atoms with van der Waals surface area (Å²) in [4.78, 5) is 25.5. The van der Waals surface area contributed by atoms with Gasteiger partial charge in [-0.2, -0.15) is 0 Å². The van der Waals surface area contributed by atoms with Crippen LogP contribution >= 0.6 is 0 Å². The van der Waals surface area contributed by atoms with E-state index in [0.717, 1.165) is 16.6 Å². The number of nitrogens with zero attached hydrogens (tertiary/aromatic N) is 2. The summed E-state index contributed by atoms with van der Waals surface area (Å²) < 4.78 is 7.18. The first-order valence-corrected chi connectivity index (χ1v) is 8.66. The standard InChI is InChI=1S/C20H19N3O4/c21-17-12-23(15-4-1-13(2-5-15)20(25)26)18-6-3-14(11-16(17)18)19(24)22-7-9-27-10-8-22/h1-6,11-12H,7-10,21H2,(H,25,26). The molecule has 1 saturated heterocycles. The van der Waals surface area contributed by atoms with Crippen molar-refractivity contribution in [1.82, 2.24) is 9.47 Å². The highest BCUT2D eigenvalue weighted by Gasteiger charge is 2.20. The third-order valence-corrected chi connectivity index (χ3v) is 4.77. The molecule has 0 radical (unpaired) electrons. The number of fused-ring (bicyclic) bond motifs is 1. The van der Waals surface area contributed by atoms with E-state index in [1.165, 1.54) is 0 Å². The minimum Gasteiger partial charge on any atom is -0.478 e. The number of carboxylic acids is 1. The molecule has 4 rings (SSSR count). The van der Waals surface area contributed by atoms with E-state index in [9.17, 15) is 9.59 Å². The Labute approximate surface area is 155 Å².